The molecule has 0 unspecified atom stereocenters. The number of nitrogens with one attached hydrogen (secondary N) is 1. The van der Waals surface area contributed by atoms with Crippen LogP contribution in [0.3, 0.4) is 0 Å². The van der Waals surface area contributed by atoms with Crippen LogP contribution in [0.2, 0.25) is 0 Å². The van der Waals surface area contributed by atoms with Gasteiger partial charge in [-0.15, -0.1) is 0 Å². The van der Waals surface area contributed by atoms with Crippen LogP contribution >= 0.6 is 0 Å². The van der Waals surface area contributed by atoms with E-state index in [4.69, 9.17) is 5.11 Å². The normalized spacial score (nSPS) is 17.3. The maximum Gasteiger partial charge on any atom is 0.407 e. The van der Waals surface area contributed by atoms with E-state index in [1.54, 1.807) is 0 Å². The summed E-state index contributed by atoms with van der Waals surface area (Å²) in [7, 11) is 0. The van der Waals surface area contributed by atoms with Gasteiger partial charge in [0.1, 0.15) is 6.61 Å². The number of amides is 1. The standard InChI is InChI=1S/C10H15NO4/c1-2-6-15-9(14)11-7-10(8(12)13)4-3-5-10/h2H,1,3-7H2,(H,11,14)(H,12,13). The van der Waals surface area contributed by atoms with E-state index < -0.39 is 17.5 Å². The van der Waals surface area contributed by atoms with Crippen molar-refractivity contribution in [3.05, 3.63) is 12.7 Å². The third-order valence-electron chi connectivity index (χ3n) is 2.67. The molecule has 2 N–H and O–H groups in total. The lowest BCUT2D eigenvalue weighted by Crippen LogP contribution is -2.47. The van der Waals surface area contributed by atoms with E-state index in [0.717, 1.165) is 6.42 Å². The molecular formula is C10H15NO4. The summed E-state index contributed by atoms with van der Waals surface area (Å²) in [5, 5.41) is 11.4. The van der Waals surface area contributed by atoms with E-state index in [2.05, 4.69) is 16.6 Å². The SMILES string of the molecule is C=CCOC(=O)NCC1(C(=O)O)CCC1. The lowest BCUT2D eigenvalue weighted by atomic mass is 9.69. The molecule has 1 aliphatic rings. The second kappa shape index (κ2) is 4.82. The van der Waals surface area contributed by atoms with Gasteiger partial charge in [-0.2, -0.15) is 0 Å². The van der Waals surface area contributed by atoms with Crippen molar-refractivity contribution >= 4 is 12.1 Å². The topological polar surface area (TPSA) is 75.6 Å². The highest BCUT2D eigenvalue weighted by atomic mass is 16.5. The number of alkyl carbamates (subject to hydrolysis) is 1. The summed E-state index contributed by atoms with van der Waals surface area (Å²) < 4.78 is 4.67. The number of hydrogen-bond donors (Lipinski definition) is 2. The van der Waals surface area contributed by atoms with Gasteiger partial charge in [0.2, 0.25) is 0 Å². The van der Waals surface area contributed by atoms with Gasteiger partial charge >= 0.3 is 12.1 Å². The minimum absolute atomic E-state index is 0.131. The molecule has 0 aliphatic heterocycles. The molecule has 0 saturated heterocycles. The average Bonchev–Trinajstić information content (AvgIpc) is 2.12. The summed E-state index contributed by atoms with van der Waals surface area (Å²) in [5.74, 6) is -0.849. The van der Waals surface area contributed by atoms with Gasteiger partial charge in [0.15, 0.2) is 0 Å². The van der Waals surface area contributed by atoms with Gasteiger partial charge < -0.3 is 15.2 Å². The first-order valence-electron chi connectivity index (χ1n) is 4.86. The van der Waals surface area contributed by atoms with Crippen LogP contribution in [0.15, 0.2) is 12.7 Å². The van der Waals surface area contributed by atoms with Crippen molar-refractivity contribution in [2.45, 2.75) is 19.3 Å². The van der Waals surface area contributed by atoms with Gasteiger partial charge in [0.25, 0.3) is 0 Å². The third kappa shape index (κ3) is 2.71. The van der Waals surface area contributed by atoms with Crippen molar-refractivity contribution in [1.82, 2.24) is 5.32 Å². The highest BCUT2D eigenvalue weighted by Gasteiger charge is 2.44. The summed E-state index contributed by atoms with van der Waals surface area (Å²) in [5.41, 5.74) is -0.771. The largest absolute Gasteiger partial charge is 0.481 e. The molecule has 1 amide bonds. The Bertz CT molecular complexity index is 271. The minimum Gasteiger partial charge on any atom is -0.481 e. The lowest BCUT2D eigenvalue weighted by molar-refractivity contribution is -0.153. The summed E-state index contributed by atoms with van der Waals surface area (Å²) in [6, 6.07) is 0. The molecular weight excluding hydrogens is 198 g/mol. The van der Waals surface area contributed by atoms with Gasteiger partial charge in [0.05, 0.1) is 5.41 Å². The molecule has 0 spiro atoms. The van der Waals surface area contributed by atoms with Crippen molar-refractivity contribution < 1.29 is 19.4 Å². The van der Waals surface area contributed by atoms with Crippen LogP contribution < -0.4 is 5.32 Å². The molecule has 0 bridgehead atoms. The Balaban J connectivity index is 2.31. The molecule has 0 heterocycles. The van der Waals surface area contributed by atoms with Crippen LogP contribution in [0, 0.1) is 5.41 Å². The molecule has 1 aliphatic carbocycles. The monoisotopic (exact) mass is 213 g/mol. The number of ether oxygens (including phenoxy) is 1. The number of rotatable bonds is 5. The number of carboxylic acids is 1. The fourth-order valence-corrected chi connectivity index (χ4v) is 1.50. The van der Waals surface area contributed by atoms with Crippen molar-refractivity contribution in [2.24, 2.45) is 5.41 Å². The van der Waals surface area contributed by atoms with Crippen LogP contribution in [0.5, 0.6) is 0 Å². The molecule has 1 saturated carbocycles. The molecule has 0 atom stereocenters. The Hall–Kier alpha value is -1.52. The Morgan fingerprint density at radius 2 is 2.20 bits per heavy atom. The number of aliphatic carboxylic acids is 1. The molecule has 0 aromatic rings. The molecule has 0 aromatic heterocycles. The molecule has 15 heavy (non-hydrogen) atoms. The van der Waals surface area contributed by atoms with Crippen molar-refractivity contribution in [1.29, 1.82) is 0 Å². The zero-order chi connectivity index (χ0) is 11.3. The van der Waals surface area contributed by atoms with Crippen LogP contribution in [-0.2, 0) is 9.53 Å². The molecule has 0 radical (unpaired) electrons. The summed E-state index contributed by atoms with van der Waals surface area (Å²) in [4.78, 5) is 22.0. The van der Waals surface area contributed by atoms with E-state index in [1.165, 1.54) is 6.08 Å². The second-order valence-electron chi connectivity index (χ2n) is 3.68. The third-order valence-corrected chi connectivity index (χ3v) is 2.67. The van der Waals surface area contributed by atoms with Crippen LogP contribution in [-0.4, -0.2) is 30.3 Å². The van der Waals surface area contributed by atoms with E-state index in [9.17, 15) is 9.59 Å². The van der Waals surface area contributed by atoms with E-state index >= 15 is 0 Å². The quantitative estimate of drug-likeness (QED) is 0.672. The van der Waals surface area contributed by atoms with Crippen LogP contribution in [0.4, 0.5) is 4.79 Å². The van der Waals surface area contributed by atoms with Gasteiger partial charge in [-0.1, -0.05) is 19.1 Å². The predicted molar refractivity (Wildman–Crippen MR) is 53.5 cm³/mol. The van der Waals surface area contributed by atoms with E-state index in [1.807, 2.05) is 0 Å². The van der Waals surface area contributed by atoms with Crippen LogP contribution in [0.1, 0.15) is 19.3 Å². The first-order chi connectivity index (χ1) is 7.10. The smallest absolute Gasteiger partial charge is 0.407 e. The van der Waals surface area contributed by atoms with E-state index in [-0.39, 0.29) is 13.2 Å². The Morgan fingerprint density at radius 3 is 2.60 bits per heavy atom. The minimum atomic E-state index is -0.849. The van der Waals surface area contributed by atoms with Gasteiger partial charge in [0, 0.05) is 6.54 Å². The van der Waals surface area contributed by atoms with Crippen molar-refractivity contribution in [3.8, 4) is 0 Å². The average molecular weight is 213 g/mol. The van der Waals surface area contributed by atoms with Crippen LogP contribution in [0.25, 0.3) is 0 Å². The van der Waals surface area contributed by atoms with Gasteiger partial charge in [-0.25, -0.2) is 4.79 Å². The number of carbonyl (C=O) groups excluding carboxylic acids is 1. The highest BCUT2D eigenvalue weighted by molar-refractivity contribution is 5.77. The Kier molecular flexibility index (Phi) is 3.71. The fourth-order valence-electron chi connectivity index (χ4n) is 1.50. The first-order valence-corrected chi connectivity index (χ1v) is 4.86. The predicted octanol–water partition coefficient (Wildman–Crippen LogP) is 1.15. The summed E-state index contributed by atoms with van der Waals surface area (Å²) in [6.45, 7) is 3.67. The molecule has 5 nitrogen and oxygen atoms in total. The van der Waals surface area contributed by atoms with Crippen molar-refractivity contribution in [3.63, 3.8) is 0 Å². The summed E-state index contributed by atoms with van der Waals surface area (Å²) in [6.07, 6.45) is 2.99. The highest BCUT2D eigenvalue weighted by Crippen LogP contribution is 2.40. The number of hydrogen-bond acceptors (Lipinski definition) is 3. The zero-order valence-corrected chi connectivity index (χ0v) is 8.49. The maximum atomic E-state index is 11.0. The van der Waals surface area contributed by atoms with E-state index in [0.29, 0.717) is 12.8 Å². The maximum absolute atomic E-state index is 11.0. The Morgan fingerprint density at radius 1 is 1.53 bits per heavy atom. The fraction of sp³-hybridized carbons (Fsp3) is 0.600. The molecule has 1 fully saturated rings. The first kappa shape index (κ1) is 11.6. The molecule has 84 valence electrons. The lowest BCUT2D eigenvalue weighted by Gasteiger charge is -2.37. The van der Waals surface area contributed by atoms with Gasteiger partial charge in [-0.3, -0.25) is 4.79 Å². The Labute approximate surface area is 88.1 Å². The zero-order valence-electron chi connectivity index (χ0n) is 8.49. The van der Waals surface area contributed by atoms with Crippen molar-refractivity contribution in [2.75, 3.05) is 13.2 Å². The molecule has 1 rings (SSSR count). The summed E-state index contributed by atoms with van der Waals surface area (Å²) >= 11 is 0. The number of carbonyl (C=O) groups is 2. The second-order valence-corrected chi connectivity index (χ2v) is 3.68. The molecule has 5 heteroatoms. The number of carboxylic acid groups (broad SMARTS) is 1. The van der Waals surface area contributed by atoms with Gasteiger partial charge in [-0.05, 0) is 12.8 Å². The molecule has 0 aromatic carbocycles.